The van der Waals surface area contributed by atoms with E-state index < -0.39 is 0 Å². The van der Waals surface area contributed by atoms with Crippen LogP contribution in [0.4, 0.5) is 0 Å². The standard InChI is InChI=1S/C24H29NO4/c1-16-4-5-22(12-17(16)2)29-20-8-10-25(11-9-20)24(26)19-13-18-14-21(27-3)6-7-23(18)28-15-19/h4-7,12,14,19-20H,8-11,13,15H2,1-3H3. The van der Waals surface area contributed by atoms with Crippen molar-refractivity contribution in [2.45, 2.75) is 39.2 Å². The molecule has 2 aromatic rings. The molecule has 1 unspecified atom stereocenters. The fraction of sp³-hybridized carbons (Fsp3) is 0.458. The van der Waals surface area contributed by atoms with Gasteiger partial charge in [-0.1, -0.05) is 6.07 Å². The number of ether oxygens (including phenoxy) is 3. The first kappa shape index (κ1) is 19.6. The van der Waals surface area contributed by atoms with Gasteiger partial charge in [-0.3, -0.25) is 4.79 Å². The predicted molar refractivity (Wildman–Crippen MR) is 112 cm³/mol. The third kappa shape index (κ3) is 4.34. The lowest BCUT2D eigenvalue weighted by molar-refractivity contribution is -0.138. The van der Waals surface area contributed by atoms with Gasteiger partial charge in [-0.05, 0) is 67.3 Å². The fourth-order valence-corrected chi connectivity index (χ4v) is 4.09. The Balaban J connectivity index is 1.32. The number of fused-ring (bicyclic) bond motifs is 1. The number of rotatable bonds is 4. The monoisotopic (exact) mass is 395 g/mol. The Hall–Kier alpha value is -2.69. The quantitative estimate of drug-likeness (QED) is 0.787. The molecular formula is C24H29NO4. The second-order valence-electron chi connectivity index (χ2n) is 8.07. The second kappa shape index (κ2) is 8.36. The van der Waals surface area contributed by atoms with Crippen LogP contribution in [0.15, 0.2) is 36.4 Å². The number of hydrogen-bond acceptors (Lipinski definition) is 4. The summed E-state index contributed by atoms with van der Waals surface area (Å²) in [5.74, 6) is 2.62. The van der Waals surface area contributed by atoms with E-state index in [9.17, 15) is 4.79 Å². The van der Waals surface area contributed by atoms with Crippen LogP contribution in [0.25, 0.3) is 0 Å². The molecule has 4 rings (SSSR count). The maximum atomic E-state index is 13.0. The van der Waals surface area contributed by atoms with E-state index in [1.165, 1.54) is 11.1 Å². The van der Waals surface area contributed by atoms with Crippen molar-refractivity contribution >= 4 is 5.91 Å². The summed E-state index contributed by atoms with van der Waals surface area (Å²) in [6, 6.07) is 12.0. The Kier molecular flexibility index (Phi) is 5.65. The Morgan fingerprint density at radius 3 is 2.52 bits per heavy atom. The molecule has 0 aromatic heterocycles. The molecule has 5 nitrogen and oxygen atoms in total. The van der Waals surface area contributed by atoms with E-state index >= 15 is 0 Å². The number of aryl methyl sites for hydroxylation is 2. The number of amides is 1. The van der Waals surface area contributed by atoms with Crippen molar-refractivity contribution in [2.24, 2.45) is 5.92 Å². The molecule has 0 N–H and O–H groups in total. The van der Waals surface area contributed by atoms with Crippen molar-refractivity contribution in [2.75, 3.05) is 26.8 Å². The van der Waals surface area contributed by atoms with Crippen LogP contribution in [0, 0.1) is 19.8 Å². The number of likely N-dealkylation sites (tertiary alicyclic amines) is 1. The molecule has 2 heterocycles. The SMILES string of the molecule is COc1ccc2c(c1)CC(C(=O)N1CCC(Oc3ccc(C)c(C)c3)CC1)CO2. The normalized spacial score (nSPS) is 19.3. The Morgan fingerprint density at radius 1 is 1.03 bits per heavy atom. The smallest absolute Gasteiger partial charge is 0.229 e. The van der Waals surface area contributed by atoms with Crippen LogP contribution in [0.3, 0.4) is 0 Å². The van der Waals surface area contributed by atoms with Gasteiger partial charge in [-0.2, -0.15) is 0 Å². The van der Waals surface area contributed by atoms with E-state index in [4.69, 9.17) is 14.2 Å². The first-order chi connectivity index (χ1) is 14.0. The summed E-state index contributed by atoms with van der Waals surface area (Å²) < 4.78 is 17.3. The van der Waals surface area contributed by atoms with Crippen LogP contribution in [0.1, 0.15) is 29.5 Å². The topological polar surface area (TPSA) is 48.0 Å². The summed E-state index contributed by atoms with van der Waals surface area (Å²) in [5, 5.41) is 0. The van der Waals surface area contributed by atoms with Crippen LogP contribution in [-0.4, -0.2) is 43.7 Å². The summed E-state index contributed by atoms with van der Waals surface area (Å²) >= 11 is 0. The fourth-order valence-electron chi connectivity index (χ4n) is 4.09. The van der Waals surface area contributed by atoms with E-state index in [2.05, 4.69) is 26.0 Å². The van der Waals surface area contributed by atoms with Gasteiger partial charge in [0, 0.05) is 25.9 Å². The minimum Gasteiger partial charge on any atom is -0.497 e. The van der Waals surface area contributed by atoms with E-state index in [1.54, 1.807) is 7.11 Å². The van der Waals surface area contributed by atoms with Crippen molar-refractivity contribution in [3.63, 3.8) is 0 Å². The molecule has 29 heavy (non-hydrogen) atoms. The molecule has 2 aromatic carbocycles. The molecule has 0 saturated carbocycles. The van der Waals surface area contributed by atoms with Crippen LogP contribution in [-0.2, 0) is 11.2 Å². The third-order valence-electron chi connectivity index (χ3n) is 6.06. The number of hydrogen-bond donors (Lipinski definition) is 0. The van der Waals surface area contributed by atoms with Crippen LogP contribution >= 0.6 is 0 Å². The number of piperidine rings is 1. The van der Waals surface area contributed by atoms with Gasteiger partial charge in [0.25, 0.3) is 0 Å². The lowest BCUT2D eigenvalue weighted by atomic mass is 9.94. The molecule has 0 radical (unpaired) electrons. The summed E-state index contributed by atoms with van der Waals surface area (Å²) in [6.07, 6.45) is 2.58. The number of carbonyl (C=O) groups is 1. The van der Waals surface area contributed by atoms with Gasteiger partial charge >= 0.3 is 0 Å². The molecule has 154 valence electrons. The molecule has 2 aliphatic rings. The average Bonchev–Trinajstić information content (AvgIpc) is 2.75. The molecule has 1 amide bonds. The molecule has 2 aliphatic heterocycles. The highest BCUT2D eigenvalue weighted by atomic mass is 16.5. The number of methoxy groups -OCH3 is 1. The van der Waals surface area contributed by atoms with Gasteiger partial charge in [0.05, 0.1) is 13.0 Å². The summed E-state index contributed by atoms with van der Waals surface area (Å²) in [7, 11) is 1.65. The number of nitrogens with zero attached hydrogens (tertiary/aromatic N) is 1. The molecule has 0 spiro atoms. The van der Waals surface area contributed by atoms with Gasteiger partial charge in [0.15, 0.2) is 0 Å². The maximum absolute atomic E-state index is 13.0. The highest BCUT2D eigenvalue weighted by Crippen LogP contribution is 2.32. The second-order valence-corrected chi connectivity index (χ2v) is 8.07. The highest BCUT2D eigenvalue weighted by molar-refractivity contribution is 5.80. The van der Waals surface area contributed by atoms with Crippen LogP contribution < -0.4 is 14.2 Å². The van der Waals surface area contributed by atoms with Crippen molar-refractivity contribution < 1.29 is 19.0 Å². The zero-order valence-electron chi connectivity index (χ0n) is 17.4. The largest absolute Gasteiger partial charge is 0.497 e. The first-order valence-electron chi connectivity index (χ1n) is 10.4. The zero-order valence-corrected chi connectivity index (χ0v) is 17.4. The molecular weight excluding hydrogens is 366 g/mol. The van der Waals surface area contributed by atoms with Crippen molar-refractivity contribution in [3.05, 3.63) is 53.1 Å². The van der Waals surface area contributed by atoms with Crippen LogP contribution in [0.2, 0.25) is 0 Å². The van der Waals surface area contributed by atoms with Gasteiger partial charge in [0.2, 0.25) is 5.91 Å². The molecule has 1 fully saturated rings. The summed E-state index contributed by atoms with van der Waals surface area (Å²) in [4.78, 5) is 15.0. The van der Waals surface area contributed by atoms with E-state index in [0.29, 0.717) is 13.0 Å². The highest BCUT2D eigenvalue weighted by Gasteiger charge is 2.32. The Labute approximate surface area is 172 Å². The van der Waals surface area contributed by atoms with E-state index in [0.717, 1.165) is 48.7 Å². The van der Waals surface area contributed by atoms with Gasteiger partial charge < -0.3 is 19.1 Å². The molecule has 1 atom stereocenters. The average molecular weight is 395 g/mol. The van der Waals surface area contributed by atoms with Gasteiger partial charge in [0.1, 0.15) is 30.0 Å². The van der Waals surface area contributed by atoms with E-state index in [1.807, 2.05) is 29.2 Å². The maximum Gasteiger partial charge on any atom is 0.229 e. The van der Waals surface area contributed by atoms with E-state index in [-0.39, 0.29) is 17.9 Å². The third-order valence-corrected chi connectivity index (χ3v) is 6.06. The zero-order chi connectivity index (χ0) is 20.4. The first-order valence-corrected chi connectivity index (χ1v) is 10.4. The lowest BCUT2D eigenvalue weighted by Gasteiger charge is -2.35. The van der Waals surface area contributed by atoms with Crippen molar-refractivity contribution in [3.8, 4) is 17.2 Å². The lowest BCUT2D eigenvalue weighted by Crippen LogP contribution is -2.46. The molecule has 5 heteroatoms. The predicted octanol–water partition coefficient (Wildman–Crippen LogP) is 3.93. The number of carbonyl (C=O) groups excluding carboxylic acids is 1. The van der Waals surface area contributed by atoms with Gasteiger partial charge in [-0.15, -0.1) is 0 Å². The molecule has 0 bridgehead atoms. The summed E-state index contributed by atoms with van der Waals surface area (Å²) in [6.45, 7) is 6.11. The minimum absolute atomic E-state index is 0.133. The van der Waals surface area contributed by atoms with Crippen LogP contribution in [0.5, 0.6) is 17.2 Å². The molecule has 1 saturated heterocycles. The number of benzene rings is 2. The minimum atomic E-state index is -0.133. The van der Waals surface area contributed by atoms with Crippen molar-refractivity contribution in [1.82, 2.24) is 4.90 Å². The Morgan fingerprint density at radius 2 is 1.79 bits per heavy atom. The molecule has 0 aliphatic carbocycles. The van der Waals surface area contributed by atoms with Crippen molar-refractivity contribution in [1.29, 1.82) is 0 Å². The Bertz CT molecular complexity index is 886. The van der Waals surface area contributed by atoms with Gasteiger partial charge in [-0.25, -0.2) is 0 Å². The summed E-state index contributed by atoms with van der Waals surface area (Å²) in [5.41, 5.74) is 3.55.